The quantitative estimate of drug-likeness (QED) is 0.733. The maximum Gasteiger partial charge on any atom is 0.344 e. The lowest BCUT2D eigenvalue weighted by atomic mass is 10.2. The normalized spacial score (nSPS) is 18.0. The smallest absolute Gasteiger partial charge is 0.344 e. The second-order valence-electron chi connectivity index (χ2n) is 6.27. The summed E-state index contributed by atoms with van der Waals surface area (Å²) in [5.74, 6) is -0.181. The molecule has 0 aliphatic carbocycles. The van der Waals surface area contributed by atoms with Crippen molar-refractivity contribution in [2.75, 3.05) is 11.9 Å². The van der Waals surface area contributed by atoms with Crippen LogP contribution in [0.4, 0.5) is 5.69 Å². The molecule has 9 heteroatoms. The van der Waals surface area contributed by atoms with Crippen LogP contribution in [-0.4, -0.2) is 38.6 Å². The molecule has 1 amide bonds. The zero-order valence-corrected chi connectivity index (χ0v) is 16.2. The summed E-state index contributed by atoms with van der Waals surface area (Å²) in [5.41, 5.74) is 1.31. The van der Waals surface area contributed by atoms with E-state index >= 15 is 0 Å². The van der Waals surface area contributed by atoms with Crippen molar-refractivity contribution in [3.8, 4) is 0 Å². The maximum atomic E-state index is 12.5. The number of halogens is 1. The summed E-state index contributed by atoms with van der Waals surface area (Å²) < 4.78 is 7.13. The number of hydrogen-bond donors (Lipinski definition) is 2. The van der Waals surface area contributed by atoms with Gasteiger partial charge in [0.1, 0.15) is 0 Å². The number of hydrogen-bond acceptors (Lipinski definition) is 5. The number of benzene rings is 1. The fraction of sp³-hybridized carbons (Fsp3) is 0.471. The van der Waals surface area contributed by atoms with Crippen LogP contribution in [0.15, 0.2) is 28.2 Å². The lowest BCUT2D eigenvalue weighted by Crippen LogP contribution is -2.27. The Morgan fingerprint density at radius 1 is 1.58 bits per heavy atom. The summed E-state index contributed by atoms with van der Waals surface area (Å²) >= 11 is 7.23. The molecule has 1 aromatic carbocycles. The Labute approximate surface area is 160 Å². The molecule has 1 aliphatic rings. The molecular weight excluding hydrogens is 376 g/mol. The molecule has 2 heterocycles. The first-order chi connectivity index (χ1) is 12.4. The third kappa shape index (κ3) is 4.49. The van der Waals surface area contributed by atoms with E-state index in [0.717, 1.165) is 25.0 Å². The Kier molecular flexibility index (Phi) is 6.05. The van der Waals surface area contributed by atoms with Gasteiger partial charge in [0.15, 0.2) is 5.16 Å². The van der Waals surface area contributed by atoms with Crippen LogP contribution in [0.2, 0.25) is 5.02 Å². The van der Waals surface area contributed by atoms with Crippen molar-refractivity contribution in [3.05, 3.63) is 39.3 Å². The molecule has 26 heavy (non-hydrogen) atoms. The molecule has 0 bridgehead atoms. The van der Waals surface area contributed by atoms with Crippen LogP contribution in [0, 0.1) is 6.92 Å². The highest BCUT2D eigenvalue weighted by Gasteiger charge is 2.23. The van der Waals surface area contributed by atoms with Crippen LogP contribution in [0.25, 0.3) is 0 Å². The first-order valence-electron chi connectivity index (χ1n) is 8.44. The molecule has 1 saturated heterocycles. The Bertz CT molecular complexity index is 845. The van der Waals surface area contributed by atoms with Crippen LogP contribution in [0.5, 0.6) is 0 Å². The third-order valence-electron chi connectivity index (χ3n) is 4.24. The predicted molar refractivity (Wildman–Crippen MR) is 102 cm³/mol. The number of nitrogens with one attached hydrogen (secondary N) is 2. The van der Waals surface area contributed by atoms with Gasteiger partial charge in [-0.25, -0.2) is 9.89 Å². The minimum Gasteiger partial charge on any atom is -0.376 e. The first-order valence-corrected chi connectivity index (χ1v) is 9.70. The number of ether oxygens (including phenoxy) is 1. The SMILES string of the molecule is Cc1ccc(Cl)cc1NC(=O)[C@@H](C)Sc1n[nH]c(=O)n1C[C@@H]1CCCO1. The fourth-order valence-corrected chi connectivity index (χ4v) is 3.76. The molecule has 2 N–H and O–H groups in total. The number of aromatic amines is 1. The monoisotopic (exact) mass is 396 g/mol. The molecule has 0 radical (unpaired) electrons. The summed E-state index contributed by atoms with van der Waals surface area (Å²) in [6, 6.07) is 5.34. The molecule has 0 unspecified atom stereocenters. The highest BCUT2D eigenvalue weighted by Crippen LogP contribution is 2.25. The van der Waals surface area contributed by atoms with E-state index in [1.807, 2.05) is 13.0 Å². The minimum absolute atomic E-state index is 0.0166. The number of anilines is 1. The topological polar surface area (TPSA) is 89.0 Å². The molecule has 1 aliphatic heterocycles. The van der Waals surface area contributed by atoms with Gasteiger partial charge in [0.25, 0.3) is 0 Å². The van der Waals surface area contributed by atoms with Crippen LogP contribution in [0.3, 0.4) is 0 Å². The van der Waals surface area contributed by atoms with Crippen molar-refractivity contribution in [1.29, 1.82) is 0 Å². The van der Waals surface area contributed by atoms with Crippen molar-refractivity contribution < 1.29 is 9.53 Å². The summed E-state index contributed by atoms with van der Waals surface area (Å²) in [5, 5.41) is 9.98. The fourth-order valence-electron chi connectivity index (χ4n) is 2.72. The molecule has 2 aromatic rings. The zero-order valence-electron chi connectivity index (χ0n) is 14.6. The molecule has 1 aromatic heterocycles. The highest BCUT2D eigenvalue weighted by atomic mass is 35.5. The van der Waals surface area contributed by atoms with E-state index in [2.05, 4.69) is 15.5 Å². The zero-order chi connectivity index (χ0) is 18.7. The predicted octanol–water partition coefficient (Wildman–Crippen LogP) is 2.83. The molecular formula is C17H21ClN4O3S. The number of carbonyl (C=O) groups is 1. The largest absolute Gasteiger partial charge is 0.376 e. The Balaban J connectivity index is 1.67. The average Bonchev–Trinajstić information content (AvgIpc) is 3.23. The number of rotatable bonds is 6. The van der Waals surface area contributed by atoms with Crippen LogP contribution in [0.1, 0.15) is 25.3 Å². The van der Waals surface area contributed by atoms with Crippen molar-refractivity contribution in [1.82, 2.24) is 14.8 Å². The molecule has 0 saturated carbocycles. The van der Waals surface area contributed by atoms with Gasteiger partial charge in [0.2, 0.25) is 5.91 Å². The van der Waals surface area contributed by atoms with E-state index < -0.39 is 5.25 Å². The average molecular weight is 397 g/mol. The molecule has 1 fully saturated rings. The Morgan fingerprint density at radius 2 is 2.38 bits per heavy atom. The lowest BCUT2D eigenvalue weighted by Gasteiger charge is -2.15. The third-order valence-corrected chi connectivity index (χ3v) is 5.57. The summed E-state index contributed by atoms with van der Waals surface area (Å²) in [6.07, 6.45) is 1.94. The second-order valence-corrected chi connectivity index (χ2v) is 8.01. The van der Waals surface area contributed by atoms with Gasteiger partial charge in [-0.1, -0.05) is 29.4 Å². The van der Waals surface area contributed by atoms with Crippen LogP contribution in [-0.2, 0) is 16.1 Å². The van der Waals surface area contributed by atoms with Gasteiger partial charge >= 0.3 is 5.69 Å². The van der Waals surface area contributed by atoms with Gasteiger partial charge in [0, 0.05) is 17.3 Å². The highest BCUT2D eigenvalue weighted by molar-refractivity contribution is 8.00. The number of H-pyrrole nitrogens is 1. The Hall–Kier alpha value is -1.77. The van der Waals surface area contributed by atoms with Crippen LogP contribution >= 0.6 is 23.4 Å². The molecule has 3 rings (SSSR count). The van der Waals surface area contributed by atoms with E-state index in [4.69, 9.17) is 16.3 Å². The molecule has 0 spiro atoms. The summed E-state index contributed by atoms with van der Waals surface area (Å²) in [4.78, 5) is 24.5. The number of aryl methyl sites for hydroxylation is 1. The maximum absolute atomic E-state index is 12.5. The van der Waals surface area contributed by atoms with Gasteiger partial charge < -0.3 is 10.1 Å². The number of thioether (sulfide) groups is 1. The van der Waals surface area contributed by atoms with E-state index in [-0.39, 0.29) is 17.7 Å². The first kappa shape index (κ1) is 19.0. The lowest BCUT2D eigenvalue weighted by molar-refractivity contribution is -0.115. The number of amides is 1. The molecule has 7 nitrogen and oxygen atoms in total. The van der Waals surface area contributed by atoms with E-state index in [1.54, 1.807) is 19.1 Å². The minimum atomic E-state index is -0.438. The van der Waals surface area contributed by atoms with Gasteiger partial charge in [0.05, 0.1) is 17.9 Å². The molecule has 140 valence electrons. The standard InChI is InChI=1S/C17H21ClN4O3S/c1-10-5-6-12(18)8-14(10)19-15(23)11(2)26-17-21-20-16(24)22(17)9-13-4-3-7-25-13/h5-6,8,11,13H,3-4,7,9H2,1-2H3,(H,19,23)(H,20,24)/t11-,13+/m1/s1. The number of nitrogens with zero attached hydrogens (tertiary/aromatic N) is 2. The van der Waals surface area contributed by atoms with Gasteiger partial charge in [-0.2, -0.15) is 0 Å². The summed E-state index contributed by atoms with van der Waals surface area (Å²) in [7, 11) is 0. The van der Waals surface area contributed by atoms with Crippen molar-refractivity contribution in [2.45, 2.75) is 49.7 Å². The van der Waals surface area contributed by atoms with Crippen LogP contribution < -0.4 is 11.0 Å². The number of carbonyl (C=O) groups excluding carboxylic acids is 1. The summed E-state index contributed by atoms with van der Waals surface area (Å²) in [6.45, 7) is 4.84. The van der Waals surface area contributed by atoms with Gasteiger partial charge in [-0.3, -0.25) is 9.36 Å². The number of aromatic nitrogens is 3. The van der Waals surface area contributed by atoms with Crippen molar-refractivity contribution >= 4 is 35.0 Å². The van der Waals surface area contributed by atoms with Gasteiger partial charge in [-0.15, -0.1) is 5.10 Å². The van der Waals surface area contributed by atoms with E-state index in [9.17, 15) is 9.59 Å². The second kappa shape index (κ2) is 8.28. The van der Waals surface area contributed by atoms with Gasteiger partial charge in [-0.05, 0) is 44.4 Å². The molecule has 2 atom stereocenters. The van der Waals surface area contributed by atoms with Crippen molar-refractivity contribution in [3.63, 3.8) is 0 Å². The van der Waals surface area contributed by atoms with E-state index in [1.165, 1.54) is 16.3 Å². The van der Waals surface area contributed by atoms with E-state index in [0.29, 0.717) is 22.4 Å². The Morgan fingerprint density at radius 3 is 3.12 bits per heavy atom. The van der Waals surface area contributed by atoms with Crippen molar-refractivity contribution in [2.24, 2.45) is 0 Å².